The Balaban J connectivity index is 0.000000515. The van der Waals surface area contributed by atoms with Gasteiger partial charge in [0.15, 0.2) is 0 Å². The Morgan fingerprint density at radius 2 is 1.61 bits per heavy atom. The highest BCUT2D eigenvalue weighted by molar-refractivity contribution is 5.83. The molecule has 0 radical (unpaired) electrons. The quantitative estimate of drug-likeness (QED) is 0.763. The van der Waals surface area contributed by atoms with Crippen LogP contribution in [0.1, 0.15) is 24.8 Å². The molecule has 0 saturated heterocycles. The molecule has 7 nitrogen and oxygen atoms in total. The molecule has 23 heavy (non-hydrogen) atoms. The number of rotatable bonds is 6. The van der Waals surface area contributed by atoms with E-state index in [4.69, 9.17) is 10.2 Å². The molecule has 0 amide bonds. The number of carboxylic acid groups (broad SMARTS) is 2. The number of aliphatic carboxylic acids is 2. The summed E-state index contributed by atoms with van der Waals surface area (Å²) in [6.07, 6.45) is -0.143. The highest BCUT2D eigenvalue weighted by atomic mass is 16.5. The van der Waals surface area contributed by atoms with Crippen LogP contribution < -0.4 is 0 Å². The topological polar surface area (TPSA) is 104 Å². The van der Waals surface area contributed by atoms with Crippen LogP contribution in [-0.4, -0.2) is 60.3 Å². The van der Waals surface area contributed by atoms with E-state index in [1.54, 1.807) is 56.3 Å². The second-order valence-corrected chi connectivity index (χ2v) is 5.06. The van der Waals surface area contributed by atoms with Gasteiger partial charge in [-0.25, -0.2) is 0 Å². The summed E-state index contributed by atoms with van der Waals surface area (Å²) in [6.45, 7) is 1.64. The van der Waals surface area contributed by atoms with Gasteiger partial charge in [0.25, 0.3) is 0 Å². The van der Waals surface area contributed by atoms with E-state index in [0.29, 0.717) is 5.56 Å². The van der Waals surface area contributed by atoms with E-state index < -0.39 is 23.8 Å². The number of esters is 1. The van der Waals surface area contributed by atoms with Gasteiger partial charge in [-0.3, -0.25) is 19.3 Å². The average molecular weight is 325 g/mol. The minimum absolute atomic E-state index is 0.143. The van der Waals surface area contributed by atoms with Crippen LogP contribution in [-0.2, 0) is 19.1 Å². The first-order valence-corrected chi connectivity index (χ1v) is 6.94. The molecule has 0 unspecified atom stereocenters. The number of nitrogens with zero attached hydrogens (tertiary/aromatic N) is 1. The summed E-state index contributed by atoms with van der Waals surface area (Å²) in [5.74, 6) is -3.16. The summed E-state index contributed by atoms with van der Waals surface area (Å²) in [7, 11) is 4.71. The van der Waals surface area contributed by atoms with Crippen LogP contribution in [0.3, 0.4) is 0 Å². The fraction of sp³-hybridized carbons (Fsp3) is 0.438. The van der Waals surface area contributed by atoms with Crippen molar-refractivity contribution in [3.05, 3.63) is 35.9 Å². The number of carbonyl (C=O) groups is 3. The lowest BCUT2D eigenvalue weighted by Crippen LogP contribution is -2.32. The van der Waals surface area contributed by atoms with Crippen LogP contribution in [0, 0.1) is 0 Å². The fourth-order valence-electron chi connectivity index (χ4n) is 1.50. The number of ether oxygens (including phenoxy) is 1. The van der Waals surface area contributed by atoms with Crippen molar-refractivity contribution in [3.63, 3.8) is 0 Å². The minimum Gasteiger partial charge on any atom is -0.481 e. The molecule has 0 heterocycles. The highest BCUT2D eigenvalue weighted by Crippen LogP contribution is 2.20. The molecule has 1 rings (SSSR count). The van der Waals surface area contributed by atoms with Crippen LogP contribution in [0.15, 0.2) is 30.3 Å². The SMILES string of the molecule is COC(=O)C[C@H](C(=O)O)c1ccccc1.C[C@H](C(=O)O)N(C)C. The summed E-state index contributed by atoms with van der Waals surface area (Å²) < 4.78 is 4.45. The molecule has 2 N–H and O–H groups in total. The molecule has 0 aliphatic heterocycles. The Morgan fingerprint density at radius 3 is 1.91 bits per heavy atom. The van der Waals surface area contributed by atoms with Gasteiger partial charge in [0.1, 0.15) is 6.04 Å². The van der Waals surface area contributed by atoms with Gasteiger partial charge in [-0.2, -0.15) is 0 Å². The first-order valence-electron chi connectivity index (χ1n) is 6.94. The van der Waals surface area contributed by atoms with Crippen molar-refractivity contribution < 1.29 is 29.3 Å². The number of hydrogen-bond acceptors (Lipinski definition) is 5. The van der Waals surface area contributed by atoms with Crippen molar-refractivity contribution in [3.8, 4) is 0 Å². The molecule has 0 spiro atoms. The Labute approximate surface area is 135 Å². The van der Waals surface area contributed by atoms with Crippen LogP contribution in [0.25, 0.3) is 0 Å². The third-order valence-electron chi connectivity index (χ3n) is 3.23. The monoisotopic (exact) mass is 325 g/mol. The zero-order valence-corrected chi connectivity index (χ0v) is 13.7. The first-order chi connectivity index (χ1) is 10.7. The van der Waals surface area contributed by atoms with E-state index in [2.05, 4.69) is 4.74 Å². The molecule has 1 aromatic rings. The van der Waals surface area contributed by atoms with Crippen LogP contribution in [0.5, 0.6) is 0 Å². The van der Waals surface area contributed by atoms with Crippen LogP contribution in [0.4, 0.5) is 0 Å². The predicted octanol–water partition coefficient (Wildman–Crippen LogP) is 1.44. The Bertz CT molecular complexity index is 515. The standard InChI is InChI=1S/C11H12O4.C5H11NO2/c1-15-10(12)7-9(11(13)14)8-5-3-2-4-6-8;1-4(5(7)8)6(2)3/h2-6,9H,7H2,1H3,(H,13,14);4H,1-3H3,(H,7,8)/t9-;4-/m01/s1. The summed E-state index contributed by atoms with van der Waals surface area (Å²) in [6, 6.07) is 8.25. The van der Waals surface area contributed by atoms with E-state index in [-0.39, 0.29) is 12.5 Å². The summed E-state index contributed by atoms with van der Waals surface area (Å²) in [5.41, 5.74) is 0.607. The zero-order valence-electron chi connectivity index (χ0n) is 13.7. The lowest BCUT2D eigenvalue weighted by molar-refractivity contribution is -0.147. The highest BCUT2D eigenvalue weighted by Gasteiger charge is 2.23. The molecule has 128 valence electrons. The second-order valence-electron chi connectivity index (χ2n) is 5.06. The van der Waals surface area contributed by atoms with Crippen LogP contribution in [0.2, 0.25) is 0 Å². The second kappa shape index (κ2) is 10.3. The average Bonchev–Trinajstić information content (AvgIpc) is 2.52. The van der Waals surface area contributed by atoms with Crippen molar-refractivity contribution in [2.24, 2.45) is 0 Å². The molecule has 0 aliphatic rings. The summed E-state index contributed by atoms with van der Waals surface area (Å²) in [4.78, 5) is 33.7. The van der Waals surface area contributed by atoms with Gasteiger partial charge in [0.2, 0.25) is 0 Å². The van der Waals surface area contributed by atoms with Gasteiger partial charge >= 0.3 is 17.9 Å². The maximum atomic E-state index is 11.0. The van der Waals surface area contributed by atoms with Crippen LogP contribution >= 0.6 is 0 Å². The minimum atomic E-state index is -1.02. The fourth-order valence-corrected chi connectivity index (χ4v) is 1.50. The lowest BCUT2D eigenvalue weighted by Gasteiger charge is -2.13. The van der Waals surface area contributed by atoms with E-state index in [1.165, 1.54) is 7.11 Å². The van der Waals surface area contributed by atoms with Gasteiger partial charge < -0.3 is 14.9 Å². The van der Waals surface area contributed by atoms with Gasteiger partial charge in [-0.1, -0.05) is 30.3 Å². The molecular weight excluding hydrogens is 302 g/mol. The Hall–Kier alpha value is -2.41. The van der Waals surface area contributed by atoms with Gasteiger partial charge in [-0.05, 0) is 26.6 Å². The molecule has 0 fully saturated rings. The molecule has 0 aromatic heterocycles. The van der Waals surface area contributed by atoms with Crippen molar-refractivity contribution >= 4 is 17.9 Å². The van der Waals surface area contributed by atoms with Crippen molar-refractivity contribution in [2.75, 3.05) is 21.2 Å². The van der Waals surface area contributed by atoms with E-state index in [1.807, 2.05) is 0 Å². The normalized spacial score (nSPS) is 12.6. The molecule has 0 bridgehead atoms. The number of likely N-dealkylation sites (N-methyl/N-ethyl adjacent to an activating group) is 1. The molecule has 7 heteroatoms. The smallest absolute Gasteiger partial charge is 0.320 e. The van der Waals surface area contributed by atoms with E-state index in [0.717, 1.165) is 0 Å². The molecular formula is C16H23NO6. The maximum Gasteiger partial charge on any atom is 0.320 e. The summed E-state index contributed by atoms with van der Waals surface area (Å²) >= 11 is 0. The van der Waals surface area contributed by atoms with E-state index >= 15 is 0 Å². The Morgan fingerprint density at radius 1 is 1.09 bits per heavy atom. The number of methoxy groups -OCH3 is 1. The van der Waals surface area contributed by atoms with Gasteiger partial charge in [-0.15, -0.1) is 0 Å². The predicted molar refractivity (Wildman–Crippen MR) is 84.2 cm³/mol. The van der Waals surface area contributed by atoms with Crippen molar-refractivity contribution in [2.45, 2.75) is 25.3 Å². The molecule has 1 aromatic carbocycles. The third-order valence-corrected chi connectivity index (χ3v) is 3.23. The Kier molecular flexibility index (Phi) is 9.26. The summed E-state index contributed by atoms with van der Waals surface area (Å²) in [5, 5.41) is 17.3. The zero-order chi connectivity index (χ0) is 18.0. The van der Waals surface area contributed by atoms with Gasteiger partial charge in [0.05, 0.1) is 19.4 Å². The largest absolute Gasteiger partial charge is 0.481 e. The maximum absolute atomic E-state index is 11.0. The first kappa shape index (κ1) is 20.6. The lowest BCUT2D eigenvalue weighted by atomic mass is 9.96. The number of carboxylic acids is 2. The van der Waals surface area contributed by atoms with Crippen molar-refractivity contribution in [1.82, 2.24) is 4.90 Å². The third kappa shape index (κ3) is 7.96. The number of hydrogen-bond donors (Lipinski definition) is 2. The number of carbonyl (C=O) groups excluding carboxylic acids is 1. The van der Waals surface area contributed by atoms with Gasteiger partial charge in [0, 0.05) is 0 Å². The molecule has 2 atom stereocenters. The molecule has 0 saturated carbocycles. The van der Waals surface area contributed by atoms with Crippen molar-refractivity contribution in [1.29, 1.82) is 0 Å². The molecule has 0 aliphatic carbocycles. The van der Waals surface area contributed by atoms with E-state index in [9.17, 15) is 14.4 Å². The number of benzene rings is 1.